The maximum absolute atomic E-state index is 12.8. The number of hydrogen-bond donors (Lipinski definition) is 5. The van der Waals surface area contributed by atoms with E-state index in [1.165, 1.54) is 32.9 Å². The Morgan fingerprint density at radius 1 is 0.882 bits per heavy atom. The highest BCUT2D eigenvalue weighted by Gasteiger charge is 2.64. The average Bonchev–Trinajstić information content (AvgIpc) is 2.78. The number of Topliss-reactive ketones (excluding diaryl/α,β-unsaturated/α-hetero) is 2. The lowest BCUT2D eigenvalue weighted by Crippen LogP contribution is -2.67. The Morgan fingerprint density at radius 3 is 1.59 bits per heavy atom. The number of carboxylic acids is 1. The molecule has 0 unspecified atom stereocenters. The molecule has 0 aliphatic carbocycles. The van der Waals surface area contributed by atoms with Crippen LogP contribution in [-0.4, -0.2) is 69.4 Å². The van der Waals surface area contributed by atoms with Gasteiger partial charge in [-0.3, -0.25) is 9.59 Å². The van der Waals surface area contributed by atoms with Crippen LogP contribution in [0.25, 0.3) is 0 Å². The van der Waals surface area contributed by atoms with Crippen LogP contribution in [0.4, 0.5) is 5.69 Å². The summed E-state index contributed by atoms with van der Waals surface area (Å²) in [6.45, 7) is 11.1. The van der Waals surface area contributed by atoms with Crippen LogP contribution in [0.2, 0.25) is 0 Å². The van der Waals surface area contributed by atoms with Crippen LogP contribution < -0.4 is 5.73 Å². The number of aromatic carboxylic acids is 1. The smallest absolute Gasteiger partial charge is 0.335 e. The number of nitrogens with two attached hydrogens (primary N) is 1. The number of benzene rings is 1. The Hall–Kier alpha value is -3.60. The lowest BCUT2D eigenvalue weighted by Gasteiger charge is -2.44. The molecule has 6 N–H and O–H groups in total. The van der Waals surface area contributed by atoms with Crippen molar-refractivity contribution in [1.29, 1.82) is 0 Å². The standard InChI is InChI=1S/C17H24O7.C7H7NO2/c1-10(2)13(21)17(14(22)11(3)4,24-15(23)12(5)6)16(7-18,8-19)9-20;8-6-3-1-2-5(4-6)7(9)10/h18-20H,1,3,5,7-9H2,2,4,6H3;1-4H,8H2,(H,9,10). The van der Waals surface area contributed by atoms with Gasteiger partial charge in [-0.1, -0.05) is 25.8 Å². The largest absolute Gasteiger partial charge is 0.478 e. The lowest BCUT2D eigenvalue weighted by atomic mass is 9.65. The molecule has 34 heavy (non-hydrogen) atoms. The third-order valence-corrected chi connectivity index (χ3v) is 4.80. The minimum Gasteiger partial charge on any atom is -0.478 e. The zero-order valence-electron chi connectivity index (χ0n) is 19.5. The Labute approximate surface area is 197 Å². The summed E-state index contributed by atoms with van der Waals surface area (Å²) < 4.78 is 5.14. The van der Waals surface area contributed by atoms with Crippen molar-refractivity contribution in [3.8, 4) is 0 Å². The number of anilines is 1. The summed E-state index contributed by atoms with van der Waals surface area (Å²) in [5.74, 6) is -4.16. The van der Waals surface area contributed by atoms with E-state index in [2.05, 4.69) is 19.7 Å². The number of carbonyl (C=O) groups excluding carboxylic acids is 3. The number of esters is 1. The summed E-state index contributed by atoms with van der Waals surface area (Å²) >= 11 is 0. The molecular formula is C24H31NO9. The Bertz CT molecular complexity index is 956. The van der Waals surface area contributed by atoms with E-state index in [4.69, 9.17) is 15.6 Å². The minimum atomic E-state index is -2.71. The molecule has 0 saturated carbocycles. The fourth-order valence-electron chi connectivity index (χ4n) is 2.77. The number of nitrogen functional groups attached to an aromatic ring is 1. The molecule has 0 radical (unpaired) electrons. The highest BCUT2D eigenvalue weighted by Crippen LogP contribution is 2.40. The van der Waals surface area contributed by atoms with Gasteiger partial charge in [0.25, 0.3) is 0 Å². The van der Waals surface area contributed by atoms with E-state index in [-0.39, 0.29) is 22.3 Å². The predicted octanol–water partition coefficient (Wildman–Crippen LogP) is 1.07. The summed E-state index contributed by atoms with van der Waals surface area (Å²) in [7, 11) is 0. The van der Waals surface area contributed by atoms with Gasteiger partial charge in [0.2, 0.25) is 17.2 Å². The van der Waals surface area contributed by atoms with Crippen LogP contribution in [-0.2, 0) is 19.1 Å². The van der Waals surface area contributed by atoms with Gasteiger partial charge in [-0.2, -0.15) is 0 Å². The molecule has 0 spiro atoms. The van der Waals surface area contributed by atoms with E-state index in [0.29, 0.717) is 5.69 Å². The first-order valence-electron chi connectivity index (χ1n) is 9.88. The number of ether oxygens (including phenoxy) is 1. The molecule has 1 rings (SSSR count). The zero-order valence-corrected chi connectivity index (χ0v) is 19.5. The number of rotatable bonds is 11. The predicted molar refractivity (Wildman–Crippen MR) is 125 cm³/mol. The van der Waals surface area contributed by atoms with Crippen molar-refractivity contribution in [1.82, 2.24) is 0 Å². The third-order valence-electron chi connectivity index (χ3n) is 4.80. The van der Waals surface area contributed by atoms with Crippen LogP contribution in [0.1, 0.15) is 31.1 Å². The van der Waals surface area contributed by atoms with Gasteiger partial charge >= 0.3 is 11.9 Å². The van der Waals surface area contributed by atoms with Crippen molar-refractivity contribution in [2.45, 2.75) is 26.4 Å². The van der Waals surface area contributed by atoms with Crippen molar-refractivity contribution < 1.29 is 44.3 Å². The molecule has 10 heteroatoms. The second kappa shape index (κ2) is 12.6. The lowest BCUT2D eigenvalue weighted by molar-refractivity contribution is -0.196. The first kappa shape index (κ1) is 30.4. The van der Waals surface area contributed by atoms with E-state index in [9.17, 15) is 34.5 Å². The number of aliphatic hydroxyl groups excluding tert-OH is 3. The fourth-order valence-corrected chi connectivity index (χ4v) is 2.77. The van der Waals surface area contributed by atoms with E-state index < -0.39 is 54.3 Å². The Morgan fingerprint density at radius 2 is 1.32 bits per heavy atom. The number of hydrogen-bond acceptors (Lipinski definition) is 9. The normalized spacial score (nSPS) is 10.9. The van der Waals surface area contributed by atoms with Crippen molar-refractivity contribution in [3.05, 3.63) is 66.3 Å². The van der Waals surface area contributed by atoms with Gasteiger partial charge in [-0.15, -0.1) is 0 Å². The van der Waals surface area contributed by atoms with Crippen molar-refractivity contribution in [3.63, 3.8) is 0 Å². The molecular weight excluding hydrogens is 446 g/mol. The SMILES string of the molecule is C=C(C)C(=O)OC(C(=O)C(=C)C)(C(=O)C(=C)C)C(CO)(CO)CO.Nc1cccc(C(=O)O)c1. The van der Waals surface area contributed by atoms with Gasteiger partial charge in [0.05, 0.1) is 30.8 Å². The van der Waals surface area contributed by atoms with Crippen LogP contribution >= 0.6 is 0 Å². The highest BCUT2D eigenvalue weighted by molar-refractivity contribution is 6.23. The molecule has 0 aliphatic heterocycles. The van der Waals surface area contributed by atoms with Gasteiger partial charge < -0.3 is 30.9 Å². The summed E-state index contributed by atoms with van der Waals surface area (Å²) in [4.78, 5) is 48.0. The van der Waals surface area contributed by atoms with E-state index in [0.717, 1.165) is 0 Å². The number of carbonyl (C=O) groups is 4. The van der Waals surface area contributed by atoms with Crippen molar-refractivity contribution >= 4 is 29.2 Å². The van der Waals surface area contributed by atoms with Crippen molar-refractivity contribution in [2.24, 2.45) is 5.41 Å². The number of aliphatic hydroxyl groups is 3. The first-order chi connectivity index (χ1) is 15.7. The van der Waals surface area contributed by atoms with Crippen LogP contribution in [0.5, 0.6) is 0 Å². The quantitative estimate of drug-likeness (QED) is 0.134. The summed E-state index contributed by atoms with van der Waals surface area (Å²) in [6, 6.07) is 6.17. The van der Waals surface area contributed by atoms with Crippen molar-refractivity contribution in [2.75, 3.05) is 25.6 Å². The van der Waals surface area contributed by atoms with Crippen LogP contribution in [0.3, 0.4) is 0 Å². The molecule has 10 nitrogen and oxygen atoms in total. The Kier molecular flexibility index (Phi) is 11.3. The molecule has 1 aromatic rings. The molecule has 1 aromatic carbocycles. The molecule has 0 heterocycles. The molecule has 186 valence electrons. The summed E-state index contributed by atoms with van der Waals surface area (Å²) in [5.41, 5.74) is 0.687. The second-order valence-electron chi connectivity index (χ2n) is 7.76. The number of carboxylic acid groups (broad SMARTS) is 1. The molecule has 0 atom stereocenters. The van der Waals surface area contributed by atoms with Crippen LogP contribution in [0, 0.1) is 5.41 Å². The first-order valence-corrected chi connectivity index (χ1v) is 9.88. The monoisotopic (exact) mass is 477 g/mol. The summed E-state index contributed by atoms with van der Waals surface area (Å²) in [6.07, 6.45) is 0. The van der Waals surface area contributed by atoms with Gasteiger partial charge in [-0.25, -0.2) is 9.59 Å². The molecule has 0 bridgehead atoms. The minimum absolute atomic E-state index is 0.119. The third kappa shape index (κ3) is 6.47. The Balaban J connectivity index is 0.000000896. The fraction of sp³-hybridized carbons (Fsp3) is 0.333. The molecule has 0 aliphatic rings. The van der Waals surface area contributed by atoms with E-state index in [1.54, 1.807) is 12.1 Å². The van der Waals surface area contributed by atoms with Gasteiger partial charge in [0.15, 0.2) is 0 Å². The van der Waals surface area contributed by atoms with E-state index in [1.807, 2.05) is 0 Å². The molecule has 0 saturated heterocycles. The zero-order chi connectivity index (χ0) is 26.9. The maximum Gasteiger partial charge on any atom is 0.335 e. The van der Waals surface area contributed by atoms with Gasteiger partial charge in [0, 0.05) is 11.3 Å². The van der Waals surface area contributed by atoms with Crippen LogP contribution in [0.15, 0.2) is 60.7 Å². The van der Waals surface area contributed by atoms with Gasteiger partial charge in [0.1, 0.15) is 0 Å². The topological polar surface area (TPSA) is 184 Å². The molecule has 0 aromatic heterocycles. The van der Waals surface area contributed by atoms with E-state index >= 15 is 0 Å². The average molecular weight is 478 g/mol. The molecule has 0 fully saturated rings. The summed E-state index contributed by atoms with van der Waals surface area (Å²) in [5, 5.41) is 37.6. The second-order valence-corrected chi connectivity index (χ2v) is 7.76. The molecule has 0 amide bonds. The number of ketones is 2. The maximum atomic E-state index is 12.8. The van der Waals surface area contributed by atoms with Gasteiger partial charge in [-0.05, 0) is 50.1 Å². The highest BCUT2D eigenvalue weighted by atomic mass is 16.6.